The average molecular weight is 346 g/mol. The van der Waals surface area contributed by atoms with Gasteiger partial charge in [-0.1, -0.05) is 0 Å². The molecule has 1 aromatic rings. The van der Waals surface area contributed by atoms with Crippen LogP contribution in [0.15, 0.2) is 17.9 Å². The van der Waals surface area contributed by atoms with Crippen molar-refractivity contribution in [3.05, 3.63) is 29.0 Å². The van der Waals surface area contributed by atoms with Crippen LogP contribution in [0.25, 0.3) is 5.57 Å². The number of rotatable bonds is 3. The molecule has 0 bridgehead atoms. The Kier molecular flexibility index (Phi) is 3.41. The first-order chi connectivity index (χ1) is 12.0. The van der Waals surface area contributed by atoms with Gasteiger partial charge in [-0.3, -0.25) is 9.59 Å². The monoisotopic (exact) mass is 346 g/mol. The van der Waals surface area contributed by atoms with Gasteiger partial charge in [-0.15, -0.1) is 0 Å². The maximum absolute atomic E-state index is 11.9. The van der Waals surface area contributed by atoms with Gasteiger partial charge >= 0.3 is 17.9 Å². The first kappa shape index (κ1) is 15.5. The molecule has 3 heterocycles. The Labute approximate surface area is 141 Å². The van der Waals surface area contributed by atoms with Crippen molar-refractivity contribution < 1.29 is 38.4 Å². The highest BCUT2D eigenvalue weighted by molar-refractivity contribution is 6.17. The molecule has 1 N–H and O–H groups in total. The highest BCUT2D eigenvalue weighted by Crippen LogP contribution is 2.50. The van der Waals surface area contributed by atoms with Crippen LogP contribution in [0.5, 0.6) is 11.5 Å². The standard InChI is InChI=1S/C17H14O8/c1-22-7-4-8(15(16(20)21)10-2-3-12(18)23-10)14-9-6-13(19)25-17(9)24-11(14)5-7/h4-5,9,17H,2-3,6H2,1H3,(H,20,21). The van der Waals surface area contributed by atoms with Gasteiger partial charge in [0.05, 0.1) is 25.9 Å². The van der Waals surface area contributed by atoms with Crippen LogP contribution >= 0.6 is 0 Å². The fourth-order valence-corrected chi connectivity index (χ4v) is 3.43. The minimum atomic E-state index is -1.23. The van der Waals surface area contributed by atoms with E-state index >= 15 is 0 Å². The van der Waals surface area contributed by atoms with Gasteiger partial charge in [0.15, 0.2) is 0 Å². The molecular formula is C17H14O8. The van der Waals surface area contributed by atoms with Crippen molar-refractivity contribution in [3.8, 4) is 11.5 Å². The predicted octanol–water partition coefficient (Wildman–Crippen LogP) is 1.58. The van der Waals surface area contributed by atoms with E-state index in [1.165, 1.54) is 7.11 Å². The summed E-state index contributed by atoms with van der Waals surface area (Å²) in [6.45, 7) is 0. The van der Waals surface area contributed by atoms with Gasteiger partial charge < -0.3 is 24.1 Å². The van der Waals surface area contributed by atoms with E-state index in [0.29, 0.717) is 22.6 Å². The number of ether oxygens (including phenoxy) is 4. The summed E-state index contributed by atoms with van der Waals surface area (Å²) in [5, 5.41) is 9.73. The number of allylic oxidation sites excluding steroid dienone is 1. The van der Waals surface area contributed by atoms with Gasteiger partial charge in [0.1, 0.15) is 22.8 Å². The fourth-order valence-electron chi connectivity index (χ4n) is 3.43. The fraction of sp³-hybridized carbons (Fsp3) is 0.353. The molecule has 0 saturated carbocycles. The van der Waals surface area contributed by atoms with Crippen LogP contribution < -0.4 is 9.47 Å². The molecule has 0 spiro atoms. The van der Waals surface area contributed by atoms with E-state index in [2.05, 4.69) is 0 Å². The smallest absolute Gasteiger partial charge is 0.339 e. The summed E-state index contributed by atoms with van der Waals surface area (Å²) in [6.07, 6.45) is -0.349. The molecule has 2 unspecified atom stereocenters. The molecule has 130 valence electrons. The summed E-state index contributed by atoms with van der Waals surface area (Å²) >= 11 is 0. The Morgan fingerprint density at radius 3 is 2.64 bits per heavy atom. The molecule has 8 heteroatoms. The maximum Gasteiger partial charge on any atom is 0.339 e. The van der Waals surface area contributed by atoms with Crippen LogP contribution in [0, 0.1) is 0 Å². The number of carboxylic acid groups (broad SMARTS) is 1. The number of methoxy groups -OCH3 is 1. The number of carbonyl (C=O) groups excluding carboxylic acids is 2. The van der Waals surface area contributed by atoms with Crippen molar-refractivity contribution in [1.82, 2.24) is 0 Å². The zero-order valence-electron chi connectivity index (χ0n) is 13.2. The van der Waals surface area contributed by atoms with Crippen LogP contribution in [-0.2, 0) is 23.9 Å². The van der Waals surface area contributed by atoms with E-state index in [-0.39, 0.29) is 30.6 Å². The molecular weight excluding hydrogens is 332 g/mol. The topological polar surface area (TPSA) is 108 Å². The summed E-state index contributed by atoms with van der Waals surface area (Å²) in [6, 6.07) is 3.17. The molecule has 2 atom stereocenters. The van der Waals surface area contributed by atoms with E-state index in [1.54, 1.807) is 12.1 Å². The molecule has 1 aromatic carbocycles. The highest BCUT2D eigenvalue weighted by atomic mass is 16.7. The molecule has 0 aromatic heterocycles. The minimum Gasteiger partial charge on any atom is -0.497 e. The molecule has 0 aliphatic carbocycles. The quantitative estimate of drug-likeness (QED) is 0.649. The number of fused-ring (bicyclic) bond motifs is 3. The summed E-state index contributed by atoms with van der Waals surface area (Å²) < 4.78 is 21.1. The number of carboxylic acids is 1. The van der Waals surface area contributed by atoms with Crippen LogP contribution in [0.4, 0.5) is 0 Å². The molecule has 8 nitrogen and oxygen atoms in total. The first-order valence-corrected chi connectivity index (χ1v) is 7.73. The summed E-state index contributed by atoms with van der Waals surface area (Å²) in [4.78, 5) is 34.9. The molecule has 3 aliphatic rings. The predicted molar refractivity (Wildman–Crippen MR) is 80.7 cm³/mol. The van der Waals surface area contributed by atoms with E-state index in [9.17, 15) is 19.5 Å². The molecule has 2 saturated heterocycles. The van der Waals surface area contributed by atoms with Crippen molar-refractivity contribution in [2.24, 2.45) is 0 Å². The Hall–Kier alpha value is -3.03. The van der Waals surface area contributed by atoms with Crippen molar-refractivity contribution in [1.29, 1.82) is 0 Å². The van der Waals surface area contributed by atoms with Crippen molar-refractivity contribution in [2.45, 2.75) is 31.5 Å². The second kappa shape index (κ2) is 5.51. The van der Waals surface area contributed by atoms with Gasteiger partial charge in [0, 0.05) is 23.6 Å². The van der Waals surface area contributed by atoms with Crippen LogP contribution in [0.1, 0.15) is 36.3 Å². The lowest BCUT2D eigenvalue weighted by Crippen LogP contribution is -2.15. The largest absolute Gasteiger partial charge is 0.497 e. The van der Waals surface area contributed by atoms with Gasteiger partial charge in [-0.25, -0.2) is 4.79 Å². The molecule has 2 fully saturated rings. The number of carbonyl (C=O) groups is 3. The molecule has 25 heavy (non-hydrogen) atoms. The lowest BCUT2D eigenvalue weighted by molar-refractivity contribution is -0.150. The van der Waals surface area contributed by atoms with Gasteiger partial charge in [-0.2, -0.15) is 0 Å². The van der Waals surface area contributed by atoms with E-state index in [0.717, 1.165) is 0 Å². The third-order valence-electron chi connectivity index (χ3n) is 4.48. The van der Waals surface area contributed by atoms with E-state index in [1.807, 2.05) is 0 Å². The van der Waals surface area contributed by atoms with Crippen molar-refractivity contribution >= 4 is 23.5 Å². The van der Waals surface area contributed by atoms with Crippen molar-refractivity contribution in [3.63, 3.8) is 0 Å². The van der Waals surface area contributed by atoms with E-state index < -0.39 is 30.1 Å². The summed E-state index contributed by atoms with van der Waals surface area (Å²) in [5.41, 5.74) is 0.756. The Balaban J connectivity index is 1.92. The number of aliphatic carboxylic acids is 1. The summed E-state index contributed by atoms with van der Waals surface area (Å²) in [7, 11) is 1.45. The first-order valence-electron chi connectivity index (χ1n) is 7.73. The average Bonchev–Trinajstić information content (AvgIpc) is 3.20. The molecule has 4 rings (SSSR count). The third-order valence-corrected chi connectivity index (χ3v) is 4.48. The molecule has 0 radical (unpaired) electrons. The lowest BCUT2D eigenvalue weighted by Gasteiger charge is -2.14. The third kappa shape index (κ3) is 2.41. The number of cyclic esters (lactones) is 1. The number of hydrogen-bond donors (Lipinski definition) is 1. The zero-order chi connectivity index (χ0) is 17.7. The lowest BCUT2D eigenvalue weighted by atomic mass is 9.88. The van der Waals surface area contributed by atoms with Crippen molar-refractivity contribution in [2.75, 3.05) is 7.11 Å². The number of esters is 2. The van der Waals surface area contributed by atoms with E-state index in [4.69, 9.17) is 18.9 Å². The van der Waals surface area contributed by atoms with Crippen LogP contribution in [-0.4, -0.2) is 36.4 Å². The molecule has 3 aliphatic heterocycles. The Morgan fingerprint density at radius 1 is 1.20 bits per heavy atom. The maximum atomic E-state index is 11.9. The zero-order valence-corrected chi connectivity index (χ0v) is 13.2. The van der Waals surface area contributed by atoms with Crippen LogP contribution in [0.3, 0.4) is 0 Å². The Morgan fingerprint density at radius 2 is 2.00 bits per heavy atom. The van der Waals surface area contributed by atoms with Gasteiger partial charge in [-0.05, 0) is 6.07 Å². The SMILES string of the molecule is COc1cc2c(c(C(C(=O)O)=C3CCC(=O)O3)c1)C1CC(=O)OC1O2. The van der Waals surface area contributed by atoms with Crippen LogP contribution in [0.2, 0.25) is 0 Å². The second-order valence-electron chi connectivity index (χ2n) is 5.95. The minimum absolute atomic E-state index is 0.0962. The van der Waals surface area contributed by atoms with Gasteiger partial charge in [0.2, 0.25) is 0 Å². The summed E-state index contributed by atoms with van der Waals surface area (Å²) in [5.74, 6) is -1.61. The van der Waals surface area contributed by atoms with Gasteiger partial charge in [0.25, 0.3) is 6.29 Å². The Bertz CT molecular complexity index is 837. The second-order valence-corrected chi connectivity index (χ2v) is 5.95. The highest BCUT2D eigenvalue weighted by Gasteiger charge is 2.47. The molecule has 0 amide bonds. The number of benzene rings is 1. The normalized spacial score (nSPS) is 25.6. The number of hydrogen-bond acceptors (Lipinski definition) is 7.